The monoisotopic (exact) mass is 264 g/mol. The molecule has 0 amide bonds. The maximum atomic E-state index is 6.13. The Kier molecular flexibility index (Phi) is 3.80. The first-order valence-electron chi connectivity index (χ1n) is 4.48. The minimum absolute atomic E-state index is 0.370. The van der Waals surface area contributed by atoms with Crippen molar-refractivity contribution < 1.29 is 9.47 Å². The fraction of sp³-hybridized carbons (Fsp3) is 0.400. The number of hydrogen-bond donors (Lipinski definition) is 0. The van der Waals surface area contributed by atoms with Crippen molar-refractivity contribution in [2.24, 2.45) is 0 Å². The van der Waals surface area contributed by atoms with Gasteiger partial charge in [-0.1, -0.05) is 23.2 Å². The molecule has 0 spiro atoms. The largest absolute Gasteiger partial charge is 0.346 e. The number of ether oxygens (including phenoxy) is 2. The Morgan fingerprint density at radius 1 is 1.20 bits per heavy atom. The van der Waals surface area contributed by atoms with Crippen LogP contribution in [0.5, 0.6) is 0 Å². The molecule has 0 atom stereocenters. The van der Waals surface area contributed by atoms with Crippen LogP contribution < -0.4 is 0 Å². The van der Waals surface area contributed by atoms with Gasteiger partial charge in [0.15, 0.2) is 6.29 Å². The van der Waals surface area contributed by atoms with Crippen LogP contribution in [0.2, 0.25) is 10.0 Å². The molecule has 0 unspecified atom stereocenters. The molecule has 2 rings (SSSR count). The summed E-state index contributed by atoms with van der Waals surface area (Å²) in [7, 11) is 0. The molecule has 1 aliphatic rings. The molecule has 0 aromatic heterocycles. The van der Waals surface area contributed by atoms with Gasteiger partial charge in [0.25, 0.3) is 0 Å². The van der Waals surface area contributed by atoms with E-state index in [1.54, 1.807) is 11.8 Å². The molecule has 15 heavy (non-hydrogen) atoms. The third-order valence-corrected chi connectivity index (χ3v) is 3.68. The van der Waals surface area contributed by atoms with Crippen molar-refractivity contribution in [1.82, 2.24) is 0 Å². The lowest BCUT2D eigenvalue weighted by molar-refractivity contribution is -0.0440. The van der Waals surface area contributed by atoms with Crippen molar-refractivity contribution in [2.45, 2.75) is 11.2 Å². The molecule has 0 aliphatic carbocycles. The Morgan fingerprint density at radius 2 is 1.87 bits per heavy atom. The van der Waals surface area contributed by atoms with Crippen LogP contribution in [0.1, 0.15) is 11.9 Å². The highest BCUT2D eigenvalue weighted by Crippen LogP contribution is 2.36. The second-order valence-electron chi connectivity index (χ2n) is 3.08. The highest BCUT2D eigenvalue weighted by atomic mass is 35.5. The lowest BCUT2D eigenvalue weighted by atomic mass is 10.2. The number of rotatable bonds is 2. The SMILES string of the molecule is CSc1cc(Cl)c(C2OCCO2)cc1Cl. The Bertz CT molecular complexity index is 365. The molecular formula is C10H10Cl2O2S. The minimum atomic E-state index is -0.370. The van der Waals surface area contributed by atoms with E-state index in [-0.39, 0.29) is 6.29 Å². The van der Waals surface area contributed by atoms with Crippen LogP contribution in [0.3, 0.4) is 0 Å². The van der Waals surface area contributed by atoms with Crippen LogP contribution in [-0.4, -0.2) is 19.5 Å². The first-order chi connectivity index (χ1) is 7.22. The van der Waals surface area contributed by atoms with Crippen molar-refractivity contribution in [1.29, 1.82) is 0 Å². The summed E-state index contributed by atoms with van der Waals surface area (Å²) in [4.78, 5) is 0.961. The highest BCUT2D eigenvalue weighted by molar-refractivity contribution is 7.98. The Labute approximate surface area is 103 Å². The van der Waals surface area contributed by atoms with Gasteiger partial charge in [0.2, 0.25) is 0 Å². The maximum Gasteiger partial charge on any atom is 0.185 e. The first-order valence-corrected chi connectivity index (χ1v) is 6.46. The summed E-state index contributed by atoms with van der Waals surface area (Å²) in [6.45, 7) is 1.20. The molecule has 0 radical (unpaired) electrons. The summed E-state index contributed by atoms with van der Waals surface area (Å²) in [6.07, 6.45) is 1.59. The smallest absolute Gasteiger partial charge is 0.185 e. The van der Waals surface area contributed by atoms with Gasteiger partial charge in [0.05, 0.1) is 23.3 Å². The second-order valence-corrected chi connectivity index (χ2v) is 4.74. The summed E-state index contributed by atoms with van der Waals surface area (Å²) in [6, 6.07) is 3.65. The van der Waals surface area contributed by atoms with Crippen LogP contribution >= 0.6 is 35.0 Å². The molecule has 0 saturated carbocycles. The number of hydrogen-bond acceptors (Lipinski definition) is 3. The van der Waals surface area contributed by atoms with Crippen molar-refractivity contribution >= 4 is 35.0 Å². The molecule has 1 saturated heterocycles. The fourth-order valence-electron chi connectivity index (χ4n) is 1.42. The van der Waals surface area contributed by atoms with Gasteiger partial charge in [-0.25, -0.2) is 0 Å². The van der Waals surface area contributed by atoms with Crippen molar-refractivity contribution in [3.8, 4) is 0 Å². The molecule has 2 nitrogen and oxygen atoms in total. The number of thioether (sulfide) groups is 1. The zero-order valence-corrected chi connectivity index (χ0v) is 10.5. The van der Waals surface area contributed by atoms with Gasteiger partial charge >= 0.3 is 0 Å². The van der Waals surface area contributed by atoms with E-state index in [0.717, 1.165) is 10.5 Å². The van der Waals surface area contributed by atoms with Crippen LogP contribution in [-0.2, 0) is 9.47 Å². The van der Waals surface area contributed by atoms with Crippen molar-refractivity contribution in [2.75, 3.05) is 19.5 Å². The van der Waals surface area contributed by atoms with E-state index in [0.29, 0.717) is 23.3 Å². The first kappa shape index (κ1) is 11.6. The molecule has 1 aromatic rings. The average molecular weight is 265 g/mol. The summed E-state index contributed by atoms with van der Waals surface area (Å²) in [5.74, 6) is 0. The summed E-state index contributed by atoms with van der Waals surface area (Å²) in [5, 5.41) is 1.32. The average Bonchev–Trinajstić information content (AvgIpc) is 2.74. The third-order valence-electron chi connectivity index (χ3n) is 2.15. The Hall–Kier alpha value is 0.0700. The van der Waals surface area contributed by atoms with Gasteiger partial charge in [-0.15, -0.1) is 11.8 Å². The van der Waals surface area contributed by atoms with Crippen molar-refractivity contribution in [3.05, 3.63) is 27.7 Å². The predicted octanol–water partition coefficient (Wildman–Crippen LogP) is 3.76. The zero-order valence-electron chi connectivity index (χ0n) is 8.13. The molecular weight excluding hydrogens is 255 g/mol. The standard InChI is InChI=1S/C10H10Cl2O2S/c1-15-9-5-7(11)6(4-8(9)12)10-13-2-3-14-10/h4-5,10H,2-3H2,1H3. The molecule has 1 aromatic carbocycles. The molecule has 1 fully saturated rings. The lowest BCUT2D eigenvalue weighted by Crippen LogP contribution is -1.99. The second kappa shape index (κ2) is 4.93. The van der Waals surface area contributed by atoms with Crippen LogP contribution in [0.25, 0.3) is 0 Å². The fourth-order valence-corrected chi connectivity index (χ4v) is 2.63. The predicted molar refractivity (Wildman–Crippen MR) is 62.9 cm³/mol. The molecule has 82 valence electrons. The summed E-state index contributed by atoms with van der Waals surface area (Å²) < 4.78 is 10.8. The maximum absolute atomic E-state index is 6.13. The van der Waals surface area contributed by atoms with E-state index >= 15 is 0 Å². The van der Waals surface area contributed by atoms with E-state index in [1.807, 2.05) is 18.4 Å². The van der Waals surface area contributed by atoms with Gasteiger partial charge < -0.3 is 9.47 Å². The number of benzene rings is 1. The summed E-state index contributed by atoms with van der Waals surface area (Å²) >= 11 is 13.8. The van der Waals surface area contributed by atoms with Gasteiger partial charge in [-0.3, -0.25) is 0 Å². The Morgan fingerprint density at radius 3 is 2.47 bits per heavy atom. The zero-order chi connectivity index (χ0) is 10.8. The molecule has 0 bridgehead atoms. The minimum Gasteiger partial charge on any atom is -0.346 e. The molecule has 1 heterocycles. The van der Waals surface area contributed by atoms with E-state index in [2.05, 4.69) is 0 Å². The molecule has 0 N–H and O–H groups in total. The van der Waals surface area contributed by atoms with Gasteiger partial charge in [0, 0.05) is 10.5 Å². The molecule has 1 aliphatic heterocycles. The van der Waals surface area contributed by atoms with Crippen LogP contribution in [0.4, 0.5) is 0 Å². The van der Waals surface area contributed by atoms with Gasteiger partial charge in [0.1, 0.15) is 0 Å². The van der Waals surface area contributed by atoms with Gasteiger partial charge in [-0.05, 0) is 18.4 Å². The van der Waals surface area contributed by atoms with E-state index in [1.165, 1.54) is 0 Å². The van der Waals surface area contributed by atoms with Crippen LogP contribution in [0.15, 0.2) is 17.0 Å². The van der Waals surface area contributed by atoms with E-state index < -0.39 is 0 Å². The Balaban J connectivity index is 2.35. The molecule has 5 heteroatoms. The normalized spacial score (nSPS) is 17.3. The third kappa shape index (κ3) is 2.43. The van der Waals surface area contributed by atoms with Gasteiger partial charge in [-0.2, -0.15) is 0 Å². The van der Waals surface area contributed by atoms with E-state index in [9.17, 15) is 0 Å². The lowest BCUT2D eigenvalue weighted by Gasteiger charge is -2.13. The summed E-state index contributed by atoms with van der Waals surface area (Å²) in [5.41, 5.74) is 0.803. The number of halogens is 2. The quantitative estimate of drug-likeness (QED) is 0.758. The van der Waals surface area contributed by atoms with E-state index in [4.69, 9.17) is 32.7 Å². The highest BCUT2D eigenvalue weighted by Gasteiger charge is 2.22. The topological polar surface area (TPSA) is 18.5 Å². The van der Waals surface area contributed by atoms with Crippen molar-refractivity contribution in [3.63, 3.8) is 0 Å². The van der Waals surface area contributed by atoms with Crippen LogP contribution in [0, 0.1) is 0 Å².